The van der Waals surface area contributed by atoms with Crippen LogP contribution in [0.3, 0.4) is 0 Å². The fourth-order valence-electron chi connectivity index (χ4n) is 5.88. The smallest absolute Gasteiger partial charge is 0.250 e. The van der Waals surface area contributed by atoms with Crippen LogP contribution in [0.5, 0.6) is 0 Å². The van der Waals surface area contributed by atoms with Gasteiger partial charge in [0.15, 0.2) is 0 Å². The standard InChI is InChI=1S/C24H32BrN3O5/c1-11(2)16(10-29)28-20(22(31)27-15-8-12(3)6-7-13(15)4)24-9-14(25)19(33-24)17(21(30)26-5)18(24)23(28)32/h6-8,11,14,16-20,29H,9-10H2,1-5H3,(H,26,30)(H,27,31)/t14?,16-,17+,18-,19+,20?,24?/m0/s1. The number of aliphatic hydroxyl groups excluding tert-OH is 1. The predicted molar refractivity (Wildman–Crippen MR) is 127 cm³/mol. The zero-order valence-electron chi connectivity index (χ0n) is 19.6. The molecule has 3 unspecified atom stereocenters. The van der Waals surface area contributed by atoms with Crippen molar-refractivity contribution >= 4 is 39.3 Å². The van der Waals surface area contributed by atoms with Gasteiger partial charge >= 0.3 is 0 Å². The number of amides is 3. The van der Waals surface area contributed by atoms with Gasteiger partial charge in [-0.05, 0) is 43.4 Å². The van der Waals surface area contributed by atoms with E-state index in [2.05, 4.69) is 26.6 Å². The summed E-state index contributed by atoms with van der Waals surface area (Å²) in [7, 11) is 1.54. The van der Waals surface area contributed by atoms with Crippen molar-refractivity contribution in [3.05, 3.63) is 29.3 Å². The zero-order valence-corrected chi connectivity index (χ0v) is 21.2. The van der Waals surface area contributed by atoms with E-state index in [4.69, 9.17) is 4.74 Å². The number of carbonyl (C=O) groups is 3. The number of aliphatic hydroxyl groups is 1. The van der Waals surface area contributed by atoms with Crippen LogP contribution in [0.4, 0.5) is 5.69 Å². The molecule has 1 aromatic rings. The summed E-state index contributed by atoms with van der Waals surface area (Å²) in [6.45, 7) is 7.38. The monoisotopic (exact) mass is 521 g/mol. The number of alkyl halides is 1. The molecule has 33 heavy (non-hydrogen) atoms. The van der Waals surface area contributed by atoms with Crippen LogP contribution in [-0.4, -0.2) is 70.0 Å². The third-order valence-corrected chi connectivity index (χ3v) is 8.33. The molecule has 180 valence electrons. The van der Waals surface area contributed by atoms with E-state index in [1.807, 2.05) is 45.9 Å². The maximum atomic E-state index is 13.9. The highest BCUT2D eigenvalue weighted by molar-refractivity contribution is 9.09. The zero-order chi connectivity index (χ0) is 24.2. The number of benzene rings is 1. The summed E-state index contributed by atoms with van der Waals surface area (Å²) in [6, 6.07) is 4.25. The minimum atomic E-state index is -1.14. The van der Waals surface area contributed by atoms with Crippen molar-refractivity contribution in [3.8, 4) is 0 Å². The van der Waals surface area contributed by atoms with Crippen molar-refractivity contribution in [2.24, 2.45) is 17.8 Å². The Morgan fingerprint density at radius 3 is 2.61 bits per heavy atom. The van der Waals surface area contributed by atoms with Gasteiger partial charge in [0.25, 0.3) is 0 Å². The van der Waals surface area contributed by atoms with Crippen LogP contribution in [-0.2, 0) is 19.1 Å². The quantitative estimate of drug-likeness (QED) is 0.494. The largest absolute Gasteiger partial charge is 0.394 e. The van der Waals surface area contributed by atoms with Crippen LogP contribution >= 0.6 is 15.9 Å². The van der Waals surface area contributed by atoms with E-state index in [1.165, 1.54) is 11.9 Å². The Balaban J connectivity index is 1.81. The molecule has 7 atom stereocenters. The van der Waals surface area contributed by atoms with E-state index < -0.39 is 35.6 Å². The van der Waals surface area contributed by atoms with Crippen molar-refractivity contribution < 1.29 is 24.2 Å². The molecule has 3 N–H and O–H groups in total. The third-order valence-electron chi connectivity index (χ3n) is 7.49. The minimum absolute atomic E-state index is 0.0967. The second-order valence-corrected chi connectivity index (χ2v) is 11.0. The summed E-state index contributed by atoms with van der Waals surface area (Å²) in [5.41, 5.74) is 1.43. The molecule has 3 aliphatic rings. The Morgan fingerprint density at radius 2 is 2.00 bits per heavy atom. The number of nitrogens with one attached hydrogen (secondary N) is 2. The number of hydrogen-bond donors (Lipinski definition) is 3. The van der Waals surface area contributed by atoms with Gasteiger partial charge in [-0.15, -0.1) is 0 Å². The lowest BCUT2D eigenvalue weighted by Crippen LogP contribution is -2.57. The van der Waals surface area contributed by atoms with Crippen LogP contribution in [0.1, 0.15) is 31.4 Å². The number of aryl methyl sites for hydroxylation is 2. The lowest BCUT2D eigenvalue weighted by atomic mass is 9.70. The van der Waals surface area contributed by atoms with Gasteiger partial charge in [0.1, 0.15) is 11.6 Å². The molecular formula is C24H32BrN3O5. The molecule has 3 fully saturated rings. The minimum Gasteiger partial charge on any atom is -0.394 e. The second kappa shape index (κ2) is 8.67. The summed E-state index contributed by atoms with van der Waals surface area (Å²) in [4.78, 5) is 41.9. The summed E-state index contributed by atoms with van der Waals surface area (Å²) in [5.74, 6) is -2.52. The Morgan fingerprint density at radius 1 is 1.30 bits per heavy atom. The number of hydrogen-bond acceptors (Lipinski definition) is 5. The average Bonchev–Trinajstić information content (AvgIpc) is 3.34. The lowest BCUT2D eigenvalue weighted by Gasteiger charge is -2.38. The first-order chi connectivity index (χ1) is 15.6. The average molecular weight is 522 g/mol. The maximum absolute atomic E-state index is 13.9. The fraction of sp³-hybridized carbons (Fsp3) is 0.625. The Kier molecular flexibility index (Phi) is 6.35. The summed E-state index contributed by atoms with van der Waals surface area (Å²) >= 11 is 3.64. The van der Waals surface area contributed by atoms with E-state index in [0.717, 1.165) is 11.1 Å². The number of likely N-dealkylation sites (tertiary alicyclic amines) is 1. The van der Waals surface area contributed by atoms with Gasteiger partial charge in [0.05, 0.1) is 30.6 Å². The first-order valence-electron chi connectivity index (χ1n) is 11.4. The molecule has 1 aromatic carbocycles. The molecule has 0 radical (unpaired) electrons. The maximum Gasteiger partial charge on any atom is 0.250 e. The van der Waals surface area contributed by atoms with E-state index in [-0.39, 0.29) is 35.1 Å². The van der Waals surface area contributed by atoms with E-state index in [0.29, 0.717) is 12.1 Å². The van der Waals surface area contributed by atoms with E-state index in [9.17, 15) is 19.5 Å². The normalized spacial score (nSPS) is 33.4. The second-order valence-electron chi connectivity index (χ2n) is 9.82. The summed E-state index contributed by atoms with van der Waals surface area (Å²) in [6.07, 6.45) is -0.0668. The van der Waals surface area contributed by atoms with Crippen LogP contribution in [0.25, 0.3) is 0 Å². The fourth-order valence-corrected chi connectivity index (χ4v) is 6.83. The van der Waals surface area contributed by atoms with Crippen LogP contribution < -0.4 is 10.6 Å². The van der Waals surface area contributed by atoms with E-state index >= 15 is 0 Å². The topological polar surface area (TPSA) is 108 Å². The van der Waals surface area contributed by atoms with Gasteiger partial charge in [-0.3, -0.25) is 14.4 Å². The number of anilines is 1. The van der Waals surface area contributed by atoms with Gasteiger partial charge in [0, 0.05) is 17.6 Å². The predicted octanol–water partition coefficient (Wildman–Crippen LogP) is 1.75. The first-order valence-corrected chi connectivity index (χ1v) is 12.3. The number of nitrogens with zero attached hydrogens (tertiary/aromatic N) is 1. The molecule has 0 aromatic heterocycles. The van der Waals surface area contributed by atoms with Crippen LogP contribution in [0, 0.1) is 31.6 Å². The molecular weight excluding hydrogens is 490 g/mol. The van der Waals surface area contributed by atoms with Gasteiger partial charge in [-0.25, -0.2) is 0 Å². The van der Waals surface area contributed by atoms with Gasteiger partial charge in [-0.1, -0.05) is 41.9 Å². The Hall–Kier alpha value is -1.97. The summed E-state index contributed by atoms with van der Waals surface area (Å²) in [5, 5.41) is 15.9. The molecule has 8 nitrogen and oxygen atoms in total. The van der Waals surface area contributed by atoms with Crippen molar-refractivity contribution in [1.29, 1.82) is 0 Å². The van der Waals surface area contributed by atoms with Gasteiger partial charge < -0.3 is 25.4 Å². The SMILES string of the molecule is CNC(=O)[C@H]1[C@@H]2OC3(CC2Br)C(C(=O)Nc2cc(C)ccc2C)N([C@@H](CO)C(C)C)C(=O)[C@H]13. The van der Waals surface area contributed by atoms with Crippen LogP contribution in [0.15, 0.2) is 18.2 Å². The molecule has 4 rings (SSSR count). The molecule has 0 saturated carbocycles. The number of fused-ring (bicyclic) bond motifs is 1. The van der Waals surface area contributed by atoms with E-state index in [1.54, 1.807) is 0 Å². The highest BCUT2D eigenvalue weighted by Gasteiger charge is 2.77. The molecule has 2 bridgehead atoms. The van der Waals surface area contributed by atoms with Gasteiger partial charge in [-0.2, -0.15) is 0 Å². The summed E-state index contributed by atoms with van der Waals surface area (Å²) < 4.78 is 6.42. The number of halogens is 1. The highest BCUT2D eigenvalue weighted by atomic mass is 79.9. The van der Waals surface area contributed by atoms with Crippen molar-refractivity contribution in [1.82, 2.24) is 10.2 Å². The lowest BCUT2D eigenvalue weighted by molar-refractivity contribution is -0.145. The molecule has 3 heterocycles. The van der Waals surface area contributed by atoms with Crippen molar-refractivity contribution in [2.45, 2.75) is 62.7 Å². The molecule has 3 saturated heterocycles. The molecule has 3 aliphatic heterocycles. The van der Waals surface area contributed by atoms with Crippen LogP contribution in [0.2, 0.25) is 0 Å². The first kappa shape index (κ1) is 24.2. The molecule has 3 amide bonds. The highest BCUT2D eigenvalue weighted by Crippen LogP contribution is 2.60. The molecule has 9 heteroatoms. The van der Waals surface area contributed by atoms with Gasteiger partial charge in [0.2, 0.25) is 17.7 Å². The molecule has 1 spiro atoms. The third kappa shape index (κ3) is 3.59. The number of ether oxygens (including phenoxy) is 1. The molecule has 0 aliphatic carbocycles. The number of carbonyl (C=O) groups excluding carboxylic acids is 3. The van der Waals surface area contributed by atoms with Crippen molar-refractivity contribution in [2.75, 3.05) is 19.0 Å². The Bertz CT molecular complexity index is 985. The Labute approximate surface area is 202 Å². The van der Waals surface area contributed by atoms with Crippen molar-refractivity contribution in [3.63, 3.8) is 0 Å². The number of rotatable bonds is 6.